The van der Waals surface area contributed by atoms with Crippen LogP contribution in [0.1, 0.15) is 12.5 Å². The highest BCUT2D eigenvalue weighted by atomic mass is 79.9. The molecule has 0 bridgehead atoms. The normalized spacial score (nSPS) is 11.4. The number of hydrogen-bond donors (Lipinski definition) is 1. The van der Waals surface area contributed by atoms with E-state index in [0.717, 1.165) is 38.1 Å². The van der Waals surface area contributed by atoms with Gasteiger partial charge in [-0.25, -0.2) is 4.98 Å². The lowest BCUT2D eigenvalue weighted by Gasteiger charge is -2.05. The number of benzene rings is 3. The summed E-state index contributed by atoms with van der Waals surface area (Å²) in [5.41, 5.74) is 8.78. The third-order valence-electron chi connectivity index (χ3n) is 4.68. The summed E-state index contributed by atoms with van der Waals surface area (Å²) in [4.78, 5) is 14.9. The van der Waals surface area contributed by atoms with Crippen LogP contribution < -0.4 is 5.43 Å². The van der Waals surface area contributed by atoms with Crippen LogP contribution >= 0.6 is 27.3 Å². The fourth-order valence-electron chi connectivity index (χ4n) is 2.95. The van der Waals surface area contributed by atoms with E-state index in [1.165, 1.54) is 23.5 Å². The number of anilines is 1. The molecule has 3 aromatic carbocycles. The summed E-state index contributed by atoms with van der Waals surface area (Å²) in [5.74, 6) is 0. The number of nitro groups is 1. The zero-order valence-corrected chi connectivity index (χ0v) is 18.9. The molecule has 0 amide bonds. The molecule has 0 aliphatic heterocycles. The van der Waals surface area contributed by atoms with E-state index >= 15 is 0 Å². The van der Waals surface area contributed by atoms with Crippen molar-refractivity contribution < 1.29 is 4.92 Å². The van der Waals surface area contributed by atoms with Crippen molar-refractivity contribution in [2.24, 2.45) is 5.10 Å². The third-order valence-corrected chi connectivity index (χ3v) is 5.95. The van der Waals surface area contributed by atoms with E-state index in [9.17, 15) is 10.1 Å². The lowest BCUT2D eigenvalue weighted by molar-refractivity contribution is -0.384. The van der Waals surface area contributed by atoms with Gasteiger partial charge in [-0.3, -0.25) is 15.5 Å². The monoisotopic (exact) mass is 492 g/mol. The van der Waals surface area contributed by atoms with E-state index in [1.54, 1.807) is 12.1 Å². The molecule has 1 heterocycles. The Labute approximate surface area is 191 Å². The van der Waals surface area contributed by atoms with E-state index in [-0.39, 0.29) is 5.69 Å². The second-order valence-corrected chi connectivity index (χ2v) is 8.51. The number of non-ortho nitro benzene ring substituents is 1. The Balaban J connectivity index is 1.44. The van der Waals surface area contributed by atoms with Gasteiger partial charge in [0.05, 0.1) is 16.3 Å². The molecule has 6 nitrogen and oxygen atoms in total. The van der Waals surface area contributed by atoms with Gasteiger partial charge in [-0.2, -0.15) is 5.10 Å². The van der Waals surface area contributed by atoms with Crippen LogP contribution in [0.25, 0.3) is 22.4 Å². The molecule has 0 saturated carbocycles. The molecule has 4 rings (SSSR count). The van der Waals surface area contributed by atoms with Crippen LogP contribution in [-0.2, 0) is 0 Å². The van der Waals surface area contributed by atoms with E-state index in [2.05, 4.69) is 55.7 Å². The molecule has 0 spiro atoms. The van der Waals surface area contributed by atoms with Gasteiger partial charge < -0.3 is 0 Å². The molecule has 1 aromatic heterocycles. The van der Waals surface area contributed by atoms with E-state index in [4.69, 9.17) is 0 Å². The molecule has 31 heavy (non-hydrogen) atoms. The SMILES string of the molecule is C/C(=N\Nc1nc(-c2ccc([N+](=O)[O-])cc2)cs1)c1ccc(-c2ccc(Br)cc2)cc1. The second kappa shape index (κ2) is 9.20. The number of hydrogen-bond acceptors (Lipinski definition) is 6. The molecule has 0 fully saturated rings. The van der Waals surface area contributed by atoms with Crippen molar-refractivity contribution in [3.63, 3.8) is 0 Å². The summed E-state index contributed by atoms with van der Waals surface area (Å²) in [6, 6.07) is 22.8. The number of aromatic nitrogens is 1. The van der Waals surface area contributed by atoms with Crippen molar-refractivity contribution in [3.05, 3.63) is 98.3 Å². The Bertz CT molecular complexity index is 1230. The summed E-state index contributed by atoms with van der Waals surface area (Å²) in [6.07, 6.45) is 0. The van der Waals surface area contributed by atoms with Crippen LogP contribution in [0.4, 0.5) is 10.8 Å². The Morgan fingerprint density at radius 1 is 0.968 bits per heavy atom. The quantitative estimate of drug-likeness (QED) is 0.178. The predicted octanol–water partition coefficient (Wildman–Crippen LogP) is 6.98. The fraction of sp³-hybridized carbons (Fsp3) is 0.0435. The topological polar surface area (TPSA) is 80.4 Å². The van der Waals surface area contributed by atoms with Gasteiger partial charge in [0.2, 0.25) is 5.13 Å². The third kappa shape index (κ3) is 5.04. The molecule has 0 saturated heterocycles. The first-order valence-corrected chi connectivity index (χ1v) is 11.0. The smallest absolute Gasteiger partial charge is 0.258 e. The van der Waals surface area contributed by atoms with Crippen molar-refractivity contribution in [1.82, 2.24) is 4.98 Å². The average Bonchev–Trinajstić information content (AvgIpc) is 3.27. The first kappa shape index (κ1) is 20.9. The predicted molar refractivity (Wildman–Crippen MR) is 130 cm³/mol. The minimum absolute atomic E-state index is 0.0590. The molecular weight excluding hydrogens is 476 g/mol. The Morgan fingerprint density at radius 2 is 1.55 bits per heavy atom. The van der Waals surface area contributed by atoms with Crippen LogP contribution in [0.5, 0.6) is 0 Å². The number of halogens is 1. The Kier molecular flexibility index (Phi) is 6.20. The van der Waals surface area contributed by atoms with Crippen molar-refractivity contribution in [3.8, 4) is 22.4 Å². The maximum absolute atomic E-state index is 10.8. The first-order chi connectivity index (χ1) is 15.0. The molecule has 0 aliphatic carbocycles. The summed E-state index contributed by atoms with van der Waals surface area (Å²) in [7, 11) is 0. The van der Waals surface area contributed by atoms with Crippen LogP contribution in [-0.4, -0.2) is 15.6 Å². The van der Waals surface area contributed by atoms with E-state index < -0.39 is 4.92 Å². The lowest BCUT2D eigenvalue weighted by atomic mass is 10.0. The molecule has 4 aromatic rings. The zero-order valence-electron chi connectivity index (χ0n) is 16.4. The molecule has 154 valence electrons. The van der Waals surface area contributed by atoms with Crippen molar-refractivity contribution in [2.75, 3.05) is 5.43 Å². The summed E-state index contributed by atoms with van der Waals surface area (Å²) in [5, 5.41) is 17.8. The summed E-state index contributed by atoms with van der Waals surface area (Å²) < 4.78 is 1.06. The van der Waals surface area contributed by atoms with Gasteiger partial charge in [0, 0.05) is 27.5 Å². The number of nitrogens with zero attached hydrogens (tertiary/aromatic N) is 3. The largest absolute Gasteiger partial charge is 0.269 e. The number of rotatable bonds is 6. The minimum Gasteiger partial charge on any atom is -0.258 e. The maximum atomic E-state index is 10.8. The standard InChI is InChI=1S/C23H17BrN4O2S/c1-15(16-2-4-17(5-3-16)18-6-10-20(24)11-7-18)26-27-23-25-22(14-31-23)19-8-12-21(13-9-19)28(29)30/h2-14H,1H3,(H,25,27)/b26-15+. The average molecular weight is 493 g/mol. The number of nitro benzene ring substituents is 1. The van der Waals surface area contributed by atoms with Gasteiger partial charge >= 0.3 is 0 Å². The molecule has 1 N–H and O–H groups in total. The lowest BCUT2D eigenvalue weighted by Crippen LogP contribution is -1.99. The second-order valence-electron chi connectivity index (χ2n) is 6.74. The number of thiazole rings is 1. The van der Waals surface area contributed by atoms with Crippen LogP contribution in [0.15, 0.2) is 87.8 Å². The van der Waals surface area contributed by atoms with Crippen LogP contribution in [0.2, 0.25) is 0 Å². The van der Waals surface area contributed by atoms with Gasteiger partial charge in [0.15, 0.2) is 0 Å². The van der Waals surface area contributed by atoms with Crippen molar-refractivity contribution in [2.45, 2.75) is 6.92 Å². The fourth-order valence-corrected chi connectivity index (χ4v) is 3.88. The Morgan fingerprint density at radius 3 is 2.16 bits per heavy atom. The van der Waals surface area contributed by atoms with E-state index in [0.29, 0.717) is 5.13 Å². The van der Waals surface area contributed by atoms with Gasteiger partial charge in [-0.15, -0.1) is 11.3 Å². The highest BCUT2D eigenvalue weighted by molar-refractivity contribution is 9.10. The van der Waals surface area contributed by atoms with Crippen molar-refractivity contribution >= 4 is 43.8 Å². The molecule has 0 unspecified atom stereocenters. The minimum atomic E-state index is -0.416. The Hall–Kier alpha value is -3.36. The van der Waals surface area contributed by atoms with Crippen LogP contribution in [0.3, 0.4) is 0 Å². The highest BCUT2D eigenvalue weighted by Gasteiger charge is 2.08. The van der Waals surface area contributed by atoms with Gasteiger partial charge in [0.1, 0.15) is 0 Å². The molecule has 0 atom stereocenters. The van der Waals surface area contributed by atoms with Crippen molar-refractivity contribution in [1.29, 1.82) is 0 Å². The summed E-state index contributed by atoms with van der Waals surface area (Å²) >= 11 is 4.88. The van der Waals surface area contributed by atoms with Gasteiger partial charge in [-0.05, 0) is 47.9 Å². The van der Waals surface area contributed by atoms with Gasteiger partial charge in [0.25, 0.3) is 5.69 Å². The highest BCUT2D eigenvalue weighted by Crippen LogP contribution is 2.27. The molecular formula is C23H17BrN4O2S. The number of hydrazone groups is 1. The zero-order chi connectivity index (χ0) is 21.8. The molecule has 8 heteroatoms. The van der Waals surface area contributed by atoms with Crippen LogP contribution in [0, 0.1) is 10.1 Å². The maximum Gasteiger partial charge on any atom is 0.269 e. The molecule has 0 aliphatic rings. The van der Waals surface area contributed by atoms with Gasteiger partial charge in [-0.1, -0.05) is 52.3 Å². The summed E-state index contributed by atoms with van der Waals surface area (Å²) in [6.45, 7) is 1.94. The molecule has 0 radical (unpaired) electrons. The first-order valence-electron chi connectivity index (χ1n) is 9.36. The number of nitrogens with one attached hydrogen (secondary N) is 1. The van der Waals surface area contributed by atoms with E-state index in [1.807, 2.05) is 36.6 Å².